The zero-order valence-electron chi connectivity index (χ0n) is 8.53. The minimum Gasteiger partial charge on any atom is -0.466 e. The van der Waals surface area contributed by atoms with Crippen molar-refractivity contribution >= 4 is 11.8 Å². The Bertz CT molecular complexity index is 409. The van der Waals surface area contributed by atoms with Crippen molar-refractivity contribution in [3.63, 3.8) is 0 Å². The first-order valence-corrected chi connectivity index (χ1v) is 5.02. The zero-order valence-corrected chi connectivity index (χ0v) is 8.53. The molecule has 0 bridgehead atoms. The standard InChI is InChI=1S/C12H12O3/c1-2-15-12(14)10-7-11(13)9-6-4-3-5-8(9)10/h3-6,10H,2,7H2,1H3/t10-/m1/s1. The molecule has 78 valence electrons. The van der Waals surface area contributed by atoms with E-state index in [2.05, 4.69) is 0 Å². The number of Topliss-reactive ketones (excluding diaryl/α,β-unsaturated/α-hetero) is 1. The highest BCUT2D eigenvalue weighted by molar-refractivity contribution is 6.05. The SMILES string of the molecule is CCOC(=O)[C@@H]1CC(=O)c2ccccc21. The molecule has 0 radical (unpaired) electrons. The molecule has 1 atom stereocenters. The second kappa shape index (κ2) is 3.85. The Labute approximate surface area is 88.1 Å². The monoisotopic (exact) mass is 204 g/mol. The molecular weight excluding hydrogens is 192 g/mol. The molecule has 0 saturated carbocycles. The highest BCUT2D eigenvalue weighted by Gasteiger charge is 2.34. The van der Waals surface area contributed by atoms with E-state index in [-0.39, 0.29) is 18.2 Å². The van der Waals surface area contributed by atoms with Crippen molar-refractivity contribution < 1.29 is 14.3 Å². The van der Waals surface area contributed by atoms with Crippen molar-refractivity contribution in [3.8, 4) is 0 Å². The number of benzene rings is 1. The third-order valence-corrected chi connectivity index (χ3v) is 2.60. The van der Waals surface area contributed by atoms with E-state index < -0.39 is 5.92 Å². The maximum absolute atomic E-state index is 11.6. The molecule has 0 fully saturated rings. The molecule has 0 saturated heterocycles. The van der Waals surface area contributed by atoms with Gasteiger partial charge in [0.2, 0.25) is 0 Å². The van der Waals surface area contributed by atoms with Crippen LogP contribution in [0.3, 0.4) is 0 Å². The summed E-state index contributed by atoms with van der Waals surface area (Å²) in [7, 11) is 0. The number of fused-ring (bicyclic) bond motifs is 1. The summed E-state index contributed by atoms with van der Waals surface area (Å²) in [6, 6.07) is 7.23. The molecule has 0 spiro atoms. The summed E-state index contributed by atoms with van der Waals surface area (Å²) in [6.07, 6.45) is 0.248. The zero-order chi connectivity index (χ0) is 10.8. The number of rotatable bonds is 2. The first kappa shape index (κ1) is 9.90. The third kappa shape index (κ3) is 1.65. The van der Waals surface area contributed by atoms with Gasteiger partial charge in [-0.05, 0) is 12.5 Å². The van der Waals surface area contributed by atoms with E-state index in [9.17, 15) is 9.59 Å². The number of ether oxygens (including phenoxy) is 1. The predicted octanol–water partition coefficient (Wildman–Crippen LogP) is 1.92. The highest BCUT2D eigenvalue weighted by Crippen LogP contribution is 2.33. The van der Waals surface area contributed by atoms with Crippen molar-refractivity contribution in [2.24, 2.45) is 0 Å². The van der Waals surface area contributed by atoms with E-state index in [4.69, 9.17) is 4.74 Å². The van der Waals surface area contributed by atoms with E-state index in [0.29, 0.717) is 12.2 Å². The number of esters is 1. The second-order valence-electron chi connectivity index (χ2n) is 3.52. The topological polar surface area (TPSA) is 43.4 Å². The maximum Gasteiger partial charge on any atom is 0.313 e. The lowest BCUT2D eigenvalue weighted by molar-refractivity contribution is -0.144. The van der Waals surface area contributed by atoms with Gasteiger partial charge in [0.1, 0.15) is 0 Å². The van der Waals surface area contributed by atoms with Crippen molar-refractivity contribution in [1.82, 2.24) is 0 Å². The van der Waals surface area contributed by atoms with Crippen molar-refractivity contribution in [2.45, 2.75) is 19.3 Å². The predicted molar refractivity (Wildman–Crippen MR) is 54.8 cm³/mol. The van der Waals surface area contributed by atoms with Gasteiger partial charge in [-0.2, -0.15) is 0 Å². The van der Waals surface area contributed by atoms with Gasteiger partial charge in [-0.25, -0.2) is 0 Å². The number of ketones is 1. The molecule has 0 unspecified atom stereocenters. The van der Waals surface area contributed by atoms with E-state index in [1.54, 1.807) is 13.0 Å². The Hall–Kier alpha value is -1.64. The van der Waals surface area contributed by atoms with Crippen LogP contribution in [0.25, 0.3) is 0 Å². The smallest absolute Gasteiger partial charge is 0.313 e. The van der Waals surface area contributed by atoms with Gasteiger partial charge < -0.3 is 4.74 Å². The largest absolute Gasteiger partial charge is 0.466 e. The lowest BCUT2D eigenvalue weighted by Gasteiger charge is -2.08. The molecule has 0 aliphatic heterocycles. The average Bonchev–Trinajstić information content (AvgIpc) is 2.58. The summed E-state index contributed by atoms with van der Waals surface area (Å²) >= 11 is 0. The molecule has 1 aliphatic rings. The number of hydrogen-bond acceptors (Lipinski definition) is 3. The minimum absolute atomic E-state index is 0.0312. The van der Waals surface area contributed by atoms with Crippen LogP contribution in [0.4, 0.5) is 0 Å². The first-order chi connectivity index (χ1) is 7.24. The highest BCUT2D eigenvalue weighted by atomic mass is 16.5. The first-order valence-electron chi connectivity index (χ1n) is 5.02. The maximum atomic E-state index is 11.6. The third-order valence-electron chi connectivity index (χ3n) is 2.60. The van der Waals surface area contributed by atoms with Gasteiger partial charge in [-0.15, -0.1) is 0 Å². The van der Waals surface area contributed by atoms with Crippen LogP contribution in [0.1, 0.15) is 35.2 Å². The fourth-order valence-corrected chi connectivity index (χ4v) is 1.91. The quantitative estimate of drug-likeness (QED) is 0.691. The normalized spacial score (nSPS) is 18.7. The van der Waals surface area contributed by atoms with Gasteiger partial charge >= 0.3 is 5.97 Å². The number of hydrogen-bond donors (Lipinski definition) is 0. The molecule has 0 heterocycles. The van der Waals surface area contributed by atoms with Crippen LogP contribution in [-0.4, -0.2) is 18.4 Å². The molecule has 0 aromatic heterocycles. The Kier molecular flexibility index (Phi) is 2.54. The van der Waals surface area contributed by atoms with Crippen LogP contribution >= 0.6 is 0 Å². The van der Waals surface area contributed by atoms with Gasteiger partial charge in [0, 0.05) is 12.0 Å². The van der Waals surface area contributed by atoms with Crippen molar-refractivity contribution in [1.29, 1.82) is 0 Å². The fourth-order valence-electron chi connectivity index (χ4n) is 1.91. The minimum atomic E-state index is -0.395. The molecule has 1 aromatic rings. The lowest BCUT2D eigenvalue weighted by Crippen LogP contribution is -2.13. The van der Waals surface area contributed by atoms with Crippen molar-refractivity contribution in [3.05, 3.63) is 35.4 Å². The van der Waals surface area contributed by atoms with Crippen LogP contribution < -0.4 is 0 Å². The molecule has 0 N–H and O–H groups in total. The Morgan fingerprint density at radius 3 is 2.93 bits per heavy atom. The van der Waals surface area contributed by atoms with Crippen LogP contribution in [-0.2, 0) is 9.53 Å². The van der Waals surface area contributed by atoms with Crippen LogP contribution in [0, 0.1) is 0 Å². The number of carbonyl (C=O) groups is 2. The molecule has 2 rings (SSSR count). The van der Waals surface area contributed by atoms with Gasteiger partial charge in [0.15, 0.2) is 5.78 Å². The molecule has 3 nitrogen and oxygen atoms in total. The number of carbonyl (C=O) groups excluding carboxylic acids is 2. The van der Waals surface area contributed by atoms with Gasteiger partial charge in [0.25, 0.3) is 0 Å². The van der Waals surface area contributed by atoms with E-state index in [0.717, 1.165) is 5.56 Å². The van der Waals surface area contributed by atoms with E-state index in [1.165, 1.54) is 0 Å². The van der Waals surface area contributed by atoms with Crippen LogP contribution in [0.2, 0.25) is 0 Å². The molecule has 1 aliphatic carbocycles. The second-order valence-corrected chi connectivity index (χ2v) is 3.52. The van der Waals surface area contributed by atoms with Gasteiger partial charge in [0.05, 0.1) is 12.5 Å². The summed E-state index contributed by atoms with van der Waals surface area (Å²) < 4.78 is 4.94. The fraction of sp³-hybridized carbons (Fsp3) is 0.333. The van der Waals surface area contributed by atoms with Gasteiger partial charge in [-0.1, -0.05) is 24.3 Å². The Morgan fingerprint density at radius 2 is 2.20 bits per heavy atom. The summed E-state index contributed by atoms with van der Waals surface area (Å²) in [6.45, 7) is 2.12. The van der Waals surface area contributed by atoms with Crippen LogP contribution in [0.5, 0.6) is 0 Å². The summed E-state index contributed by atoms with van der Waals surface area (Å²) in [5.74, 6) is -0.659. The molecular formula is C12H12O3. The Morgan fingerprint density at radius 1 is 1.47 bits per heavy atom. The molecule has 15 heavy (non-hydrogen) atoms. The summed E-state index contributed by atoms with van der Waals surface area (Å²) in [4.78, 5) is 23.2. The summed E-state index contributed by atoms with van der Waals surface area (Å²) in [5, 5.41) is 0. The van der Waals surface area contributed by atoms with E-state index in [1.807, 2.05) is 18.2 Å². The Balaban J connectivity index is 2.32. The molecule has 0 amide bonds. The molecule has 1 aromatic carbocycles. The molecule has 3 heteroatoms. The average molecular weight is 204 g/mol. The van der Waals surface area contributed by atoms with Gasteiger partial charge in [-0.3, -0.25) is 9.59 Å². The summed E-state index contributed by atoms with van der Waals surface area (Å²) in [5.41, 5.74) is 1.47. The van der Waals surface area contributed by atoms with E-state index >= 15 is 0 Å². The van der Waals surface area contributed by atoms with Crippen LogP contribution in [0.15, 0.2) is 24.3 Å². The lowest BCUT2D eigenvalue weighted by atomic mass is 10.0. The van der Waals surface area contributed by atoms with Crippen molar-refractivity contribution in [2.75, 3.05) is 6.61 Å².